The van der Waals surface area contributed by atoms with Gasteiger partial charge in [-0.1, -0.05) is 44.2 Å². The zero-order chi connectivity index (χ0) is 19.1. The maximum Gasteiger partial charge on any atom is 0.232 e. The summed E-state index contributed by atoms with van der Waals surface area (Å²) in [6.45, 7) is 6.97. The minimum absolute atomic E-state index is 0.495. The number of benzene rings is 1. The van der Waals surface area contributed by atoms with Crippen LogP contribution in [0.4, 0.5) is 4.39 Å². The third-order valence-electron chi connectivity index (χ3n) is 5.65. The molecule has 1 aliphatic rings. The normalized spacial score (nSPS) is 16.4. The zero-order valence-electron chi connectivity index (χ0n) is 16.4. The smallest absolute Gasteiger partial charge is 0.232 e. The molecule has 146 valence electrons. The average Bonchev–Trinajstić information content (AvgIpc) is 2.74. The van der Waals surface area contributed by atoms with Crippen molar-refractivity contribution in [3.63, 3.8) is 0 Å². The van der Waals surface area contributed by atoms with Crippen LogP contribution < -0.4 is 4.74 Å². The number of ether oxygens (including phenoxy) is 1. The first-order valence-corrected chi connectivity index (χ1v) is 10.0. The van der Waals surface area contributed by atoms with E-state index in [4.69, 9.17) is 4.74 Å². The molecule has 0 saturated carbocycles. The Morgan fingerprint density at radius 1 is 1.07 bits per heavy atom. The molecule has 0 amide bonds. The van der Waals surface area contributed by atoms with Crippen molar-refractivity contribution in [2.75, 3.05) is 26.2 Å². The second-order valence-electron chi connectivity index (χ2n) is 7.49. The van der Waals surface area contributed by atoms with Gasteiger partial charge in [0.2, 0.25) is 5.88 Å². The van der Waals surface area contributed by atoms with Gasteiger partial charge in [-0.25, -0.2) is 14.4 Å². The summed E-state index contributed by atoms with van der Waals surface area (Å²) in [7, 11) is 0. The van der Waals surface area contributed by atoms with E-state index in [0.717, 1.165) is 37.2 Å². The van der Waals surface area contributed by atoms with Crippen molar-refractivity contribution >= 4 is 0 Å². The van der Waals surface area contributed by atoms with Gasteiger partial charge in [0.05, 0.1) is 24.7 Å². The van der Waals surface area contributed by atoms with Crippen molar-refractivity contribution in [3.8, 4) is 17.1 Å². The molecule has 0 unspecified atom stereocenters. The minimum Gasteiger partial charge on any atom is -0.476 e. The molecule has 1 aromatic heterocycles. The fourth-order valence-electron chi connectivity index (χ4n) is 3.54. The maximum atomic E-state index is 14.6. The fourth-order valence-corrected chi connectivity index (χ4v) is 3.54. The lowest BCUT2D eigenvalue weighted by atomic mass is 9.94. The molecule has 0 radical (unpaired) electrons. The van der Waals surface area contributed by atoms with E-state index < -0.39 is 5.67 Å². The molecule has 2 aromatic rings. The molecule has 0 aliphatic carbocycles. The van der Waals surface area contributed by atoms with Gasteiger partial charge in [-0.15, -0.1) is 0 Å². The van der Waals surface area contributed by atoms with E-state index in [1.54, 1.807) is 12.4 Å². The Labute approximate surface area is 161 Å². The Balaban J connectivity index is 1.44. The molecule has 0 N–H and O–H groups in total. The summed E-state index contributed by atoms with van der Waals surface area (Å²) in [5, 5.41) is 0. The summed E-state index contributed by atoms with van der Waals surface area (Å²) in [4.78, 5) is 11.1. The van der Waals surface area contributed by atoms with Crippen molar-refractivity contribution in [2.45, 2.75) is 45.2 Å². The number of likely N-dealkylation sites (tertiary alicyclic amines) is 1. The fraction of sp³-hybridized carbons (Fsp3) is 0.545. The number of halogens is 1. The quantitative estimate of drug-likeness (QED) is 0.670. The molecule has 5 heteroatoms. The van der Waals surface area contributed by atoms with Crippen LogP contribution in [0.25, 0.3) is 11.3 Å². The van der Waals surface area contributed by atoms with Crippen LogP contribution in [-0.2, 0) is 0 Å². The third-order valence-corrected chi connectivity index (χ3v) is 5.65. The molecule has 0 spiro atoms. The summed E-state index contributed by atoms with van der Waals surface area (Å²) in [6, 6.07) is 9.99. The number of aromatic nitrogens is 2. The SMILES string of the molecule is CCC(F)(CC)CN1CCC(COc2cnc(-c3ccccc3)cn2)CC1. The molecular weight excluding hydrogens is 341 g/mol. The second kappa shape index (κ2) is 9.27. The Hall–Kier alpha value is -2.01. The van der Waals surface area contributed by atoms with Crippen LogP contribution in [0, 0.1) is 5.92 Å². The monoisotopic (exact) mass is 371 g/mol. The van der Waals surface area contributed by atoms with Crippen molar-refractivity contribution < 1.29 is 9.13 Å². The first-order chi connectivity index (χ1) is 13.1. The molecule has 3 rings (SSSR count). The van der Waals surface area contributed by atoms with Crippen LogP contribution in [-0.4, -0.2) is 46.8 Å². The Bertz CT molecular complexity index is 680. The molecule has 27 heavy (non-hydrogen) atoms. The molecule has 0 atom stereocenters. The van der Waals surface area contributed by atoms with Gasteiger partial charge in [0, 0.05) is 12.1 Å². The summed E-state index contributed by atoms with van der Waals surface area (Å²) >= 11 is 0. The Morgan fingerprint density at radius 3 is 2.37 bits per heavy atom. The highest BCUT2D eigenvalue weighted by Gasteiger charge is 2.30. The molecule has 1 aromatic carbocycles. The second-order valence-corrected chi connectivity index (χ2v) is 7.49. The van der Waals surface area contributed by atoms with Gasteiger partial charge in [-0.2, -0.15) is 0 Å². The number of alkyl halides is 1. The van der Waals surface area contributed by atoms with Crippen molar-refractivity contribution in [3.05, 3.63) is 42.7 Å². The lowest BCUT2D eigenvalue weighted by Crippen LogP contribution is -2.44. The highest BCUT2D eigenvalue weighted by atomic mass is 19.1. The Kier molecular flexibility index (Phi) is 6.78. The molecule has 2 heterocycles. The van der Waals surface area contributed by atoms with Gasteiger partial charge in [-0.3, -0.25) is 0 Å². The van der Waals surface area contributed by atoms with E-state index in [0.29, 0.717) is 37.8 Å². The minimum atomic E-state index is -1.04. The maximum absolute atomic E-state index is 14.6. The number of piperidine rings is 1. The number of nitrogens with zero attached hydrogens (tertiary/aromatic N) is 3. The van der Waals surface area contributed by atoms with Crippen LogP contribution >= 0.6 is 0 Å². The van der Waals surface area contributed by atoms with E-state index in [9.17, 15) is 4.39 Å². The lowest BCUT2D eigenvalue weighted by molar-refractivity contribution is 0.0565. The first kappa shape index (κ1) is 19.7. The number of hydrogen-bond donors (Lipinski definition) is 0. The average molecular weight is 372 g/mol. The van der Waals surface area contributed by atoms with Crippen molar-refractivity contribution in [1.82, 2.24) is 14.9 Å². The van der Waals surface area contributed by atoms with Gasteiger partial charge >= 0.3 is 0 Å². The van der Waals surface area contributed by atoms with Crippen LogP contribution in [0.15, 0.2) is 42.7 Å². The van der Waals surface area contributed by atoms with E-state index in [-0.39, 0.29) is 0 Å². The summed E-state index contributed by atoms with van der Waals surface area (Å²) in [6.07, 6.45) is 6.70. The molecule has 1 fully saturated rings. The standard InChI is InChI=1S/C22H30FN3O/c1-3-22(23,4-2)17-26-12-10-18(11-13-26)16-27-21-15-24-20(14-25-21)19-8-6-5-7-9-19/h5-9,14-15,18H,3-4,10-13,16-17H2,1-2H3. The van der Waals surface area contributed by atoms with Crippen molar-refractivity contribution in [1.29, 1.82) is 0 Å². The predicted molar refractivity (Wildman–Crippen MR) is 107 cm³/mol. The molecule has 4 nitrogen and oxygen atoms in total. The van der Waals surface area contributed by atoms with E-state index in [1.165, 1.54) is 0 Å². The van der Waals surface area contributed by atoms with Crippen LogP contribution in [0.1, 0.15) is 39.5 Å². The van der Waals surface area contributed by atoms with E-state index in [1.807, 2.05) is 44.2 Å². The topological polar surface area (TPSA) is 38.2 Å². The van der Waals surface area contributed by atoms with Gasteiger partial charge in [0.25, 0.3) is 0 Å². The molecule has 0 bridgehead atoms. The van der Waals surface area contributed by atoms with Gasteiger partial charge in [0.1, 0.15) is 5.67 Å². The highest BCUT2D eigenvalue weighted by Crippen LogP contribution is 2.26. The van der Waals surface area contributed by atoms with Crippen LogP contribution in [0.5, 0.6) is 5.88 Å². The van der Waals surface area contributed by atoms with Gasteiger partial charge in [-0.05, 0) is 44.7 Å². The van der Waals surface area contributed by atoms with Crippen LogP contribution in [0.2, 0.25) is 0 Å². The highest BCUT2D eigenvalue weighted by molar-refractivity contribution is 5.57. The lowest BCUT2D eigenvalue weighted by Gasteiger charge is -2.36. The molecule has 1 saturated heterocycles. The summed E-state index contributed by atoms with van der Waals surface area (Å²) in [5.41, 5.74) is 0.851. The number of rotatable bonds is 8. The van der Waals surface area contributed by atoms with E-state index >= 15 is 0 Å². The zero-order valence-corrected chi connectivity index (χ0v) is 16.4. The largest absolute Gasteiger partial charge is 0.476 e. The van der Waals surface area contributed by atoms with Crippen molar-refractivity contribution in [2.24, 2.45) is 5.92 Å². The summed E-state index contributed by atoms with van der Waals surface area (Å²) in [5.74, 6) is 1.06. The Morgan fingerprint density at radius 2 is 1.78 bits per heavy atom. The van der Waals surface area contributed by atoms with Crippen LogP contribution in [0.3, 0.4) is 0 Å². The summed E-state index contributed by atoms with van der Waals surface area (Å²) < 4.78 is 20.4. The first-order valence-electron chi connectivity index (χ1n) is 10.0. The third kappa shape index (κ3) is 5.48. The van der Waals surface area contributed by atoms with Gasteiger partial charge < -0.3 is 9.64 Å². The molecular formula is C22H30FN3O. The predicted octanol–water partition coefficient (Wildman–Crippen LogP) is 4.76. The van der Waals surface area contributed by atoms with Gasteiger partial charge in [0.15, 0.2) is 0 Å². The van der Waals surface area contributed by atoms with E-state index in [2.05, 4.69) is 14.9 Å². The molecule has 1 aliphatic heterocycles. The number of hydrogen-bond acceptors (Lipinski definition) is 4.